The van der Waals surface area contributed by atoms with E-state index in [0.29, 0.717) is 12.3 Å². The standard InChI is InChI=1S/C34H48N8O12P2SSi/c1-20(2)30(43)40-33-39-29-26(31(44)41-33)38-19-42(29)32-28-27(54-58(6,7)34(3,4)5)24(51-32)17-49-55(45,46)52-23-16-22(50-25-9-12-36-18-37-25)15-21(23)10-14-48-56(57,53-28)47-13-8-11-35/h9,12,17-23,27-28,32H,8,10,13-16H2,1-7H3,(H,45,46)(H2,39,40,41,43,44)/b24-17+/t21-,22+,23-,27?,28+,32+,56?/m0/s1. The molecule has 2 bridgehead atoms. The monoisotopic (exact) mass is 882 g/mol. The van der Waals surface area contributed by atoms with Crippen LogP contribution in [0.3, 0.4) is 0 Å². The number of aromatic amines is 1. The smallest absolute Gasteiger partial charge is 0.474 e. The van der Waals surface area contributed by atoms with Crippen molar-refractivity contribution in [3.8, 4) is 11.9 Å². The summed E-state index contributed by atoms with van der Waals surface area (Å²) in [4.78, 5) is 56.3. The lowest BCUT2D eigenvalue weighted by Gasteiger charge is -2.39. The predicted molar refractivity (Wildman–Crippen MR) is 213 cm³/mol. The van der Waals surface area contributed by atoms with E-state index in [1.165, 1.54) is 17.2 Å². The molecule has 0 radical (unpaired) electrons. The Bertz CT molecular complexity index is 2200. The van der Waals surface area contributed by atoms with Crippen LogP contribution in [0.1, 0.15) is 66.5 Å². The number of phosphoric ester groups is 1. The van der Waals surface area contributed by atoms with Crippen molar-refractivity contribution in [3.05, 3.63) is 47.3 Å². The van der Waals surface area contributed by atoms with Gasteiger partial charge >= 0.3 is 14.5 Å². The molecule has 0 spiro atoms. The van der Waals surface area contributed by atoms with Crippen LogP contribution in [0.2, 0.25) is 18.1 Å². The van der Waals surface area contributed by atoms with Gasteiger partial charge in [-0.3, -0.25) is 38.4 Å². The van der Waals surface area contributed by atoms with E-state index in [1.807, 2.05) is 39.9 Å². The normalized spacial score (nSPS) is 30.3. The third kappa shape index (κ3) is 10.2. The Hall–Kier alpha value is -3.61. The van der Waals surface area contributed by atoms with Crippen LogP contribution in [0.5, 0.6) is 5.88 Å². The number of aromatic nitrogens is 6. The fourth-order valence-corrected chi connectivity index (χ4v) is 10.4. The number of carbonyl (C=O) groups excluding carboxylic acids is 1. The molecule has 1 amide bonds. The number of nitrogens with one attached hydrogen (secondary N) is 2. The Morgan fingerprint density at radius 3 is 2.72 bits per heavy atom. The number of carbonyl (C=O) groups is 1. The fourth-order valence-electron chi connectivity index (χ4n) is 6.22. The summed E-state index contributed by atoms with van der Waals surface area (Å²) < 4.78 is 65.0. The van der Waals surface area contributed by atoms with Gasteiger partial charge in [-0.15, -0.1) is 0 Å². The van der Waals surface area contributed by atoms with Crippen LogP contribution < -0.4 is 15.6 Å². The molecule has 0 aromatic carbocycles. The van der Waals surface area contributed by atoms with Crippen molar-refractivity contribution in [2.45, 2.75) is 109 Å². The summed E-state index contributed by atoms with van der Waals surface area (Å²) in [6.45, 7) is 9.47. The van der Waals surface area contributed by atoms with Crippen LogP contribution in [-0.4, -0.2) is 86.2 Å². The number of amides is 1. The minimum atomic E-state index is -4.83. The Morgan fingerprint density at radius 2 is 2.03 bits per heavy atom. The first-order valence-corrected chi connectivity index (χ1v) is 25.6. The van der Waals surface area contributed by atoms with E-state index in [1.54, 1.807) is 26.1 Å². The second-order valence-corrected chi connectivity index (χ2v) is 24.9. The zero-order chi connectivity index (χ0) is 42.0. The number of imidazole rings is 1. The summed E-state index contributed by atoms with van der Waals surface area (Å²) in [5.74, 6) is -1.06. The Balaban J connectivity index is 1.44. The van der Waals surface area contributed by atoms with E-state index >= 15 is 0 Å². The van der Waals surface area contributed by atoms with Crippen molar-refractivity contribution in [1.82, 2.24) is 29.5 Å². The first kappa shape index (κ1) is 44.0. The van der Waals surface area contributed by atoms with E-state index in [9.17, 15) is 24.3 Å². The topological polar surface area (TPSA) is 253 Å². The van der Waals surface area contributed by atoms with Crippen LogP contribution in [0, 0.1) is 23.2 Å². The summed E-state index contributed by atoms with van der Waals surface area (Å²) in [6.07, 6.45) is 1.06. The number of rotatable bonds is 10. The van der Waals surface area contributed by atoms with Crippen molar-refractivity contribution in [2.75, 3.05) is 18.5 Å². The summed E-state index contributed by atoms with van der Waals surface area (Å²) in [5, 5.41) is 11.6. The molecule has 2 fully saturated rings. The van der Waals surface area contributed by atoms with Crippen molar-refractivity contribution in [3.63, 3.8) is 0 Å². The molecule has 1 aliphatic carbocycles. The molecular formula is C34H48N8O12P2SSi. The average molecular weight is 883 g/mol. The van der Waals surface area contributed by atoms with Gasteiger partial charge in [0.25, 0.3) is 5.56 Å². The van der Waals surface area contributed by atoms with Crippen LogP contribution in [0.15, 0.2) is 41.7 Å². The van der Waals surface area contributed by atoms with Crippen LogP contribution in [-0.2, 0) is 52.9 Å². The first-order chi connectivity index (χ1) is 27.3. The third-order valence-corrected chi connectivity index (χ3v) is 18.0. The van der Waals surface area contributed by atoms with E-state index in [2.05, 4.69) is 30.2 Å². The molecule has 3 aromatic heterocycles. The SMILES string of the molecule is CC(C)C(=O)Nc1nc2c(ncn2[C@@H]2O/C3=C/OP(=O)(O)O[C@H]4C[C@H](Oc5ccncn5)C[C@@H]4CCOP(=S)(OCCC#N)O[C@@H]2C3O[Si](C)(C)C(C)(C)C)c(=O)[nH]1. The quantitative estimate of drug-likeness (QED) is 0.128. The second-order valence-electron chi connectivity index (χ2n) is 15.8. The molecule has 1 saturated carbocycles. The molecule has 24 heteroatoms. The maximum absolute atomic E-state index is 13.7. The van der Waals surface area contributed by atoms with Gasteiger partial charge in [-0.2, -0.15) is 10.2 Å². The molecule has 1 saturated heterocycles. The van der Waals surface area contributed by atoms with Gasteiger partial charge in [0.05, 0.1) is 31.8 Å². The van der Waals surface area contributed by atoms with Crippen molar-refractivity contribution < 1.29 is 50.8 Å². The molecule has 5 heterocycles. The molecule has 3 aliphatic rings. The van der Waals surface area contributed by atoms with Gasteiger partial charge < -0.3 is 27.5 Å². The Labute approximate surface area is 341 Å². The highest BCUT2D eigenvalue weighted by Gasteiger charge is 2.53. The minimum absolute atomic E-state index is 0.00471. The molecule has 20 nitrogen and oxygen atoms in total. The molecule has 2 aliphatic heterocycles. The number of nitrogens with zero attached hydrogens (tertiary/aromatic N) is 6. The maximum Gasteiger partial charge on any atom is 0.527 e. The lowest BCUT2D eigenvalue weighted by atomic mass is 10.0. The average Bonchev–Trinajstić information content (AvgIpc) is 3.82. The predicted octanol–water partition coefficient (Wildman–Crippen LogP) is 5.58. The number of phosphoric acid groups is 1. The highest BCUT2D eigenvalue weighted by Crippen LogP contribution is 2.57. The Morgan fingerprint density at radius 1 is 1.26 bits per heavy atom. The van der Waals surface area contributed by atoms with Crippen LogP contribution >= 0.6 is 14.5 Å². The van der Waals surface area contributed by atoms with Gasteiger partial charge in [0.2, 0.25) is 24.0 Å². The summed E-state index contributed by atoms with van der Waals surface area (Å²) in [7, 11) is -7.59. The number of anilines is 1. The lowest BCUT2D eigenvalue weighted by Crippen LogP contribution is -2.47. The number of hydrogen-bond donors (Lipinski definition) is 3. The van der Waals surface area contributed by atoms with Gasteiger partial charge in [0.15, 0.2) is 31.3 Å². The van der Waals surface area contributed by atoms with Crippen molar-refractivity contribution >= 4 is 57.7 Å². The number of H-pyrrole nitrogens is 1. The van der Waals surface area contributed by atoms with Crippen LogP contribution in [0.4, 0.5) is 5.95 Å². The fraction of sp³-hybridized carbons (Fsp3) is 0.618. The van der Waals surface area contributed by atoms with Gasteiger partial charge in [-0.1, -0.05) is 34.6 Å². The number of hydrogen-bond acceptors (Lipinski definition) is 17. The van der Waals surface area contributed by atoms with Crippen molar-refractivity contribution in [2.24, 2.45) is 11.8 Å². The summed E-state index contributed by atoms with van der Waals surface area (Å²) in [5.41, 5.74) is -0.740. The summed E-state index contributed by atoms with van der Waals surface area (Å²) in [6, 6.07) is 3.64. The molecule has 3 N–H and O–H groups in total. The third-order valence-electron chi connectivity index (χ3n) is 10.3. The van der Waals surface area contributed by atoms with Gasteiger partial charge in [0.1, 0.15) is 31.1 Å². The molecular weight excluding hydrogens is 835 g/mol. The zero-order valence-corrected chi connectivity index (χ0v) is 36.7. The highest BCUT2D eigenvalue weighted by molar-refractivity contribution is 8.07. The largest absolute Gasteiger partial charge is 0.527 e. The summed E-state index contributed by atoms with van der Waals surface area (Å²) >= 11 is 6.03. The first-order valence-electron chi connectivity index (χ1n) is 18.7. The second kappa shape index (κ2) is 17.5. The molecule has 3 aromatic rings. The van der Waals surface area contributed by atoms with Gasteiger partial charge in [0, 0.05) is 24.6 Å². The number of fused-ring (bicyclic) bond motifs is 4. The molecule has 3 unspecified atom stereocenters. The lowest BCUT2D eigenvalue weighted by molar-refractivity contribution is -0.118. The van der Waals surface area contributed by atoms with Crippen LogP contribution in [0.25, 0.3) is 11.2 Å². The van der Waals surface area contributed by atoms with Gasteiger partial charge in [-0.05, 0) is 48.7 Å². The number of nitriles is 1. The Kier molecular flexibility index (Phi) is 13.3. The van der Waals surface area contributed by atoms with E-state index < -0.39 is 70.9 Å². The van der Waals surface area contributed by atoms with Gasteiger partial charge in [-0.25, -0.2) is 19.5 Å². The van der Waals surface area contributed by atoms with E-state index in [0.717, 1.165) is 6.26 Å². The molecule has 8 atom stereocenters. The maximum atomic E-state index is 13.7. The zero-order valence-electron chi connectivity index (χ0n) is 33.1. The molecule has 6 rings (SSSR count). The minimum Gasteiger partial charge on any atom is -0.474 e. The van der Waals surface area contributed by atoms with E-state index in [-0.39, 0.29) is 66.3 Å². The molecule has 58 heavy (non-hydrogen) atoms. The molecule has 316 valence electrons. The van der Waals surface area contributed by atoms with E-state index in [4.69, 9.17) is 48.3 Å². The highest BCUT2D eigenvalue weighted by atomic mass is 32.5. The number of ether oxygens (including phenoxy) is 2. The van der Waals surface area contributed by atoms with Crippen molar-refractivity contribution in [1.29, 1.82) is 5.26 Å².